The first-order valence-electron chi connectivity index (χ1n) is 7.64. The van der Waals surface area contributed by atoms with E-state index in [-0.39, 0.29) is 0 Å². The van der Waals surface area contributed by atoms with E-state index >= 15 is 0 Å². The number of rotatable bonds is 6. The molecule has 3 heteroatoms. The molecule has 0 heterocycles. The smallest absolute Gasteiger partial charge is 0.142 e. The van der Waals surface area contributed by atoms with Crippen LogP contribution < -0.4 is 14.8 Å². The Bertz CT molecular complexity index is 498. The van der Waals surface area contributed by atoms with Gasteiger partial charge in [-0.2, -0.15) is 0 Å². The van der Waals surface area contributed by atoms with Crippen molar-refractivity contribution in [3.8, 4) is 11.5 Å². The first-order valence-corrected chi connectivity index (χ1v) is 7.64. The van der Waals surface area contributed by atoms with Gasteiger partial charge in [0.25, 0.3) is 0 Å². The van der Waals surface area contributed by atoms with Crippen molar-refractivity contribution in [1.29, 1.82) is 0 Å². The van der Waals surface area contributed by atoms with E-state index in [0.717, 1.165) is 23.1 Å². The van der Waals surface area contributed by atoms with Crippen LogP contribution in [0, 0.1) is 11.8 Å². The van der Waals surface area contributed by atoms with Gasteiger partial charge < -0.3 is 14.8 Å². The molecule has 20 heavy (non-hydrogen) atoms. The van der Waals surface area contributed by atoms with Crippen LogP contribution in [0.3, 0.4) is 0 Å². The monoisotopic (exact) mass is 273 g/mol. The molecule has 108 valence electrons. The van der Waals surface area contributed by atoms with E-state index in [1.165, 1.54) is 12.8 Å². The minimum atomic E-state index is 0.537. The first-order chi connectivity index (χ1) is 9.81. The number of allylic oxidation sites excluding steroid dienone is 1. The van der Waals surface area contributed by atoms with Gasteiger partial charge >= 0.3 is 0 Å². The fourth-order valence-corrected chi connectivity index (χ4v) is 3.24. The molecule has 0 spiro atoms. The summed E-state index contributed by atoms with van der Waals surface area (Å²) >= 11 is 0. The first kappa shape index (κ1) is 13.3. The number of hydrogen-bond donors (Lipinski definition) is 1. The molecule has 3 rings (SSSR count). The van der Waals surface area contributed by atoms with Gasteiger partial charge in [0.15, 0.2) is 0 Å². The fourth-order valence-electron chi connectivity index (χ4n) is 3.24. The number of ether oxygens (including phenoxy) is 2. The SMILES string of the molecule is CCOc1ccc(OCC)c(NC2CC3CC=CC32)c1. The molecule has 0 bridgehead atoms. The van der Waals surface area contributed by atoms with Gasteiger partial charge in [-0.1, -0.05) is 12.2 Å². The van der Waals surface area contributed by atoms with Crippen molar-refractivity contribution >= 4 is 5.69 Å². The third-order valence-corrected chi connectivity index (χ3v) is 4.27. The minimum Gasteiger partial charge on any atom is -0.494 e. The molecular formula is C17H23NO2. The lowest BCUT2D eigenvalue weighted by molar-refractivity contribution is 0.217. The molecule has 1 aromatic rings. The fraction of sp³-hybridized carbons (Fsp3) is 0.529. The van der Waals surface area contributed by atoms with E-state index in [1.807, 2.05) is 26.0 Å². The summed E-state index contributed by atoms with van der Waals surface area (Å²) in [6.45, 7) is 5.38. The highest BCUT2D eigenvalue weighted by atomic mass is 16.5. The second-order valence-corrected chi connectivity index (χ2v) is 5.51. The molecule has 2 aliphatic carbocycles. The van der Waals surface area contributed by atoms with Gasteiger partial charge in [-0.25, -0.2) is 0 Å². The molecule has 0 aromatic heterocycles. The summed E-state index contributed by atoms with van der Waals surface area (Å²) in [7, 11) is 0. The quantitative estimate of drug-likeness (QED) is 0.798. The Balaban J connectivity index is 1.75. The van der Waals surface area contributed by atoms with Gasteiger partial charge in [0.2, 0.25) is 0 Å². The summed E-state index contributed by atoms with van der Waals surface area (Å²) in [5.41, 5.74) is 1.06. The molecule has 0 saturated heterocycles. The number of nitrogens with one attached hydrogen (secondary N) is 1. The normalized spacial score (nSPS) is 26.8. The van der Waals surface area contributed by atoms with Crippen LogP contribution in [0.4, 0.5) is 5.69 Å². The van der Waals surface area contributed by atoms with Crippen molar-refractivity contribution in [2.75, 3.05) is 18.5 Å². The second-order valence-electron chi connectivity index (χ2n) is 5.51. The number of fused-ring (bicyclic) bond motifs is 1. The van der Waals surface area contributed by atoms with Crippen LogP contribution in [-0.4, -0.2) is 19.3 Å². The van der Waals surface area contributed by atoms with Crippen LogP contribution in [-0.2, 0) is 0 Å². The maximum absolute atomic E-state index is 5.71. The third kappa shape index (κ3) is 2.49. The van der Waals surface area contributed by atoms with Gasteiger partial charge in [0.05, 0.1) is 18.9 Å². The predicted octanol–water partition coefficient (Wildman–Crippen LogP) is 3.86. The van der Waals surface area contributed by atoms with E-state index in [4.69, 9.17) is 9.47 Å². The maximum atomic E-state index is 5.71. The van der Waals surface area contributed by atoms with Crippen LogP contribution in [0.1, 0.15) is 26.7 Å². The van der Waals surface area contributed by atoms with Crippen molar-refractivity contribution in [2.24, 2.45) is 11.8 Å². The lowest BCUT2D eigenvalue weighted by Crippen LogP contribution is -2.43. The van der Waals surface area contributed by atoms with E-state index in [2.05, 4.69) is 23.5 Å². The lowest BCUT2D eigenvalue weighted by Gasteiger charge is -2.41. The van der Waals surface area contributed by atoms with E-state index in [0.29, 0.717) is 25.2 Å². The van der Waals surface area contributed by atoms with E-state index in [9.17, 15) is 0 Å². The predicted molar refractivity (Wildman–Crippen MR) is 81.5 cm³/mol. The molecule has 1 aromatic carbocycles. The molecule has 1 saturated carbocycles. The Hall–Kier alpha value is -1.64. The molecule has 2 aliphatic rings. The Labute approximate surface area is 121 Å². The van der Waals surface area contributed by atoms with Gasteiger partial charge in [0, 0.05) is 18.0 Å². The molecule has 0 radical (unpaired) electrons. The number of benzene rings is 1. The molecule has 1 N–H and O–H groups in total. The average Bonchev–Trinajstić information content (AvgIpc) is 2.80. The molecule has 0 amide bonds. The number of anilines is 1. The van der Waals surface area contributed by atoms with Gasteiger partial charge in [-0.15, -0.1) is 0 Å². The lowest BCUT2D eigenvalue weighted by atomic mass is 9.71. The maximum Gasteiger partial charge on any atom is 0.142 e. The molecule has 0 aliphatic heterocycles. The van der Waals surface area contributed by atoms with E-state index in [1.54, 1.807) is 0 Å². The molecule has 3 unspecified atom stereocenters. The molecule has 3 atom stereocenters. The zero-order valence-corrected chi connectivity index (χ0v) is 12.3. The van der Waals surface area contributed by atoms with Crippen molar-refractivity contribution in [1.82, 2.24) is 0 Å². The largest absolute Gasteiger partial charge is 0.494 e. The Morgan fingerprint density at radius 3 is 2.80 bits per heavy atom. The summed E-state index contributed by atoms with van der Waals surface area (Å²) in [4.78, 5) is 0. The van der Waals surface area contributed by atoms with Gasteiger partial charge in [-0.05, 0) is 44.7 Å². The summed E-state index contributed by atoms with van der Waals surface area (Å²) in [5, 5.41) is 3.65. The highest BCUT2D eigenvalue weighted by Crippen LogP contribution is 2.45. The highest BCUT2D eigenvalue weighted by Gasteiger charge is 2.41. The zero-order valence-electron chi connectivity index (χ0n) is 12.3. The summed E-state index contributed by atoms with van der Waals surface area (Å²) in [6.07, 6.45) is 7.18. The topological polar surface area (TPSA) is 30.5 Å². The Morgan fingerprint density at radius 1 is 1.20 bits per heavy atom. The molecule has 3 nitrogen and oxygen atoms in total. The second kappa shape index (κ2) is 5.78. The van der Waals surface area contributed by atoms with Crippen LogP contribution in [0.15, 0.2) is 30.4 Å². The van der Waals surface area contributed by atoms with Crippen molar-refractivity contribution in [3.63, 3.8) is 0 Å². The van der Waals surface area contributed by atoms with Crippen LogP contribution in [0.5, 0.6) is 11.5 Å². The van der Waals surface area contributed by atoms with Crippen molar-refractivity contribution in [3.05, 3.63) is 30.4 Å². The van der Waals surface area contributed by atoms with Crippen LogP contribution >= 0.6 is 0 Å². The van der Waals surface area contributed by atoms with Crippen molar-refractivity contribution in [2.45, 2.75) is 32.7 Å². The standard InChI is InChI=1S/C17H23NO2/c1-3-19-13-8-9-17(20-4-2)16(11-13)18-15-10-12-6-5-7-14(12)15/h5,7-9,11-12,14-15,18H,3-4,6,10H2,1-2H3. The van der Waals surface area contributed by atoms with Crippen molar-refractivity contribution < 1.29 is 9.47 Å². The van der Waals surface area contributed by atoms with Crippen LogP contribution in [0.2, 0.25) is 0 Å². The number of hydrogen-bond acceptors (Lipinski definition) is 3. The summed E-state index contributed by atoms with van der Waals surface area (Å²) < 4.78 is 11.3. The average molecular weight is 273 g/mol. The Kier molecular flexibility index (Phi) is 3.86. The zero-order chi connectivity index (χ0) is 13.9. The third-order valence-electron chi connectivity index (χ3n) is 4.27. The highest BCUT2D eigenvalue weighted by molar-refractivity contribution is 5.61. The van der Waals surface area contributed by atoms with Crippen LogP contribution in [0.25, 0.3) is 0 Å². The minimum absolute atomic E-state index is 0.537. The summed E-state index contributed by atoms with van der Waals surface area (Å²) in [5.74, 6) is 3.37. The van der Waals surface area contributed by atoms with E-state index < -0.39 is 0 Å². The summed E-state index contributed by atoms with van der Waals surface area (Å²) in [6, 6.07) is 6.56. The molecule has 1 fully saturated rings. The Morgan fingerprint density at radius 2 is 2.05 bits per heavy atom. The van der Waals surface area contributed by atoms with Gasteiger partial charge in [-0.3, -0.25) is 0 Å². The van der Waals surface area contributed by atoms with Gasteiger partial charge in [0.1, 0.15) is 11.5 Å². The molecular weight excluding hydrogens is 250 g/mol.